The van der Waals surface area contributed by atoms with Gasteiger partial charge < -0.3 is 15.0 Å². The third kappa shape index (κ3) is 3.17. The first-order chi connectivity index (χ1) is 9.79. The number of hydrogen-bond acceptors (Lipinski definition) is 3. The summed E-state index contributed by atoms with van der Waals surface area (Å²) in [4.78, 5) is 15.1. The van der Waals surface area contributed by atoms with Crippen molar-refractivity contribution in [2.24, 2.45) is 11.8 Å². The zero-order valence-electron chi connectivity index (χ0n) is 12.6. The molecular weight excluding hydrogens is 252 g/mol. The van der Waals surface area contributed by atoms with E-state index in [9.17, 15) is 4.79 Å². The van der Waals surface area contributed by atoms with E-state index in [0.29, 0.717) is 17.9 Å². The van der Waals surface area contributed by atoms with Crippen LogP contribution in [0.3, 0.4) is 0 Å². The maximum Gasteiger partial charge on any atom is 0.228 e. The van der Waals surface area contributed by atoms with Crippen molar-refractivity contribution in [3.8, 4) is 0 Å². The van der Waals surface area contributed by atoms with Gasteiger partial charge in [0.25, 0.3) is 0 Å². The van der Waals surface area contributed by atoms with Gasteiger partial charge >= 0.3 is 0 Å². The van der Waals surface area contributed by atoms with Gasteiger partial charge in [0.05, 0.1) is 12.0 Å². The van der Waals surface area contributed by atoms with Gasteiger partial charge in [-0.15, -0.1) is 0 Å². The number of nitrogens with one attached hydrogen (secondary N) is 1. The van der Waals surface area contributed by atoms with Gasteiger partial charge in [-0.05, 0) is 57.5 Å². The molecule has 0 spiro atoms. The van der Waals surface area contributed by atoms with E-state index in [1.165, 1.54) is 25.7 Å². The monoisotopic (exact) mass is 280 g/mol. The highest BCUT2D eigenvalue weighted by Crippen LogP contribution is 2.33. The Bertz CT molecular complexity index is 337. The largest absolute Gasteiger partial charge is 0.377 e. The van der Waals surface area contributed by atoms with Crippen LogP contribution in [0.5, 0.6) is 0 Å². The minimum atomic E-state index is 0.127. The van der Waals surface area contributed by atoms with E-state index < -0.39 is 0 Å². The minimum absolute atomic E-state index is 0.127. The molecule has 3 aliphatic rings. The van der Waals surface area contributed by atoms with Crippen LogP contribution in [0.1, 0.15) is 45.4 Å². The molecular formula is C16H28N2O2. The molecule has 2 heterocycles. The maximum atomic E-state index is 12.9. The van der Waals surface area contributed by atoms with Crippen LogP contribution in [0.15, 0.2) is 0 Å². The summed E-state index contributed by atoms with van der Waals surface area (Å²) in [6.45, 7) is 6.10. The summed E-state index contributed by atoms with van der Waals surface area (Å²) in [5.74, 6) is 1.21. The summed E-state index contributed by atoms with van der Waals surface area (Å²) in [6.07, 6.45) is 6.90. The molecule has 3 rings (SSSR count). The third-order valence-electron chi connectivity index (χ3n) is 5.11. The molecule has 2 unspecified atom stereocenters. The quantitative estimate of drug-likeness (QED) is 0.835. The Labute approximate surface area is 122 Å². The van der Waals surface area contributed by atoms with Gasteiger partial charge in [-0.2, -0.15) is 0 Å². The highest BCUT2D eigenvalue weighted by Gasteiger charge is 2.41. The molecule has 20 heavy (non-hydrogen) atoms. The minimum Gasteiger partial charge on any atom is -0.377 e. The fourth-order valence-corrected chi connectivity index (χ4v) is 3.69. The van der Waals surface area contributed by atoms with Gasteiger partial charge in [-0.1, -0.05) is 6.92 Å². The Balaban J connectivity index is 1.62. The summed E-state index contributed by atoms with van der Waals surface area (Å²) in [5.41, 5.74) is 0. The summed E-state index contributed by atoms with van der Waals surface area (Å²) < 4.78 is 5.72. The molecule has 1 saturated carbocycles. The summed E-state index contributed by atoms with van der Waals surface area (Å²) in [7, 11) is 0. The van der Waals surface area contributed by atoms with Crippen LogP contribution < -0.4 is 5.32 Å². The number of hydrogen-bond donors (Lipinski definition) is 1. The molecule has 0 aromatic carbocycles. The fourth-order valence-electron chi connectivity index (χ4n) is 3.69. The van der Waals surface area contributed by atoms with Crippen LogP contribution >= 0.6 is 0 Å². The number of piperidine rings is 1. The molecule has 0 aromatic rings. The Morgan fingerprint density at radius 1 is 1.20 bits per heavy atom. The van der Waals surface area contributed by atoms with Gasteiger partial charge in [0.2, 0.25) is 5.91 Å². The molecule has 4 nitrogen and oxygen atoms in total. The molecule has 0 radical (unpaired) electrons. The van der Waals surface area contributed by atoms with E-state index in [2.05, 4.69) is 17.1 Å². The van der Waals surface area contributed by atoms with Gasteiger partial charge in [-0.25, -0.2) is 0 Å². The van der Waals surface area contributed by atoms with E-state index >= 15 is 0 Å². The summed E-state index contributed by atoms with van der Waals surface area (Å²) in [5, 5.41) is 3.41. The van der Waals surface area contributed by atoms with E-state index in [4.69, 9.17) is 4.74 Å². The maximum absolute atomic E-state index is 12.9. The first-order valence-corrected chi connectivity index (χ1v) is 8.42. The van der Waals surface area contributed by atoms with Gasteiger partial charge in [0.15, 0.2) is 0 Å². The van der Waals surface area contributed by atoms with Crippen molar-refractivity contribution in [2.75, 3.05) is 26.2 Å². The Morgan fingerprint density at radius 3 is 2.60 bits per heavy atom. The smallest absolute Gasteiger partial charge is 0.228 e. The Kier molecular flexibility index (Phi) is 4.61. The van der Waals surface area contributed by atoms with E-state index in [1.807, 2.05) is 0 Å². The lowest BCUT2D eigenvalue weighted by molar-refractivity contribution is -0.138. The summed E-state index contributed by atoms with van der Waals surface area (Å²) >= 11 is 0. The predicted molar refractivity (Wildman–Crippen MR) is 78.5 cm³/mol. The molecule has 2 aliphatic heterocycles. The number of carbonyl (C=O) groups is 1. The molecule has 1 aliphatic carbocycles. The first-order valence-electron chi connectivity index (χ1n) is 8.42. The van der Waals surface area contributed by atoms with Crippen molar-refractivity contribution in [2.45, 2.75) is 57.6 Å². The molecule has 1 amide bonds. The van der Waals surface area contributed by atoms with Crippen LogP contribution in [0.25, 0.3) is 0 Å². The molecule has 3 fully saturated rings. The van der Waals surface area contributed by atoms with Crippen LogP contribution in [0.2, 0.25) is 0 Å². The van der Waals surface area contributed by atoms with Gasteiger partial charge in [-0.3, -0.25) is 4.79 Å². The zero-order valence-corrected chi connectivity index (χ0v) is 12.6. The lowest BCUT2D eigenvalue weighted by Crippen LogP contribution is -2.44. The number of carbonyl (C=O) groups excluding carboxylic acids is 1. The molecule has 1 N–H and O–H groups in total. The van der Waals surface area contributed by atoms with E-state index in [0.717, 1.165) is 39.1 Å². The van der Waals surface area contributed by atoms with E-state index in [-0.39, 0.29) is 12.0 Å². The average Bonchev–Trinajstić information content (AvgIpc) is 3.21. The zero-order chi connectivity index (χ0) is 13.9. The number of nitrogens with zero attached hydrogens (tertiary/aromatic N) is 1. The number of ether oxygens (including phenoxy) is 1. The average molecular weight is 280 g/mol. The molecule has 2 saturated heterocycles. The van der Waals surface area contributed by atoms with Crippen LogP contribution in [-0.2, 0) is 9.53 Å². The molecule has 2 atom stereocenters. The van der Waals surface area contributed by atoms with Crippen molar-refractivity contribution < 1.29 is 9.53 Å². The predicted octanol–water partition coefficient (Wildman–Crippen LogP) is 1.79. The normalized spacial score (nSPS) is 31.4. The third-order valence-corrected chi connectivity index (χ3v) is 5.11. The number of rotatable bonds is 5. The lowest BCUT2D eigenvalue weighted by Gasteiger charge is -2.32. The van der Waals surface area contributed by atoms with Crippen LogP contribution in [0.4, 0.5) is 0 Å². The van der Waals surface area contributed by atoms with Crippen molar-refractivity contribution in [1.29, 1.82) is 0 Å². The van der Waals surface area contributed by atoms with Crippen LogP contribution in [0, 0.1) is 11.8 Å². The standard InChI is InChI=1S/C16H28N2O2/c1-2-15-14(7-10-20-15)16(19)18(13-3-4-13)11-12-5-8-17-9-6-12/h12-15,17H,2-11H2,1H3. The van der Waals surface area contributed by atoms with Gasteiger partial charge in [0.1, 0.15) is 0 Å². The Morgan fingerprint density at radius 2 is 1.95 bits per heavy atom. The van der Waals surface area contributed by atoms with E-state index in [1.54, 1.807) is 0 Å². The van der Waals surface area contributed by atoms with Crippen molar-refractivity contribution in [3.63, 3.8) is 0 Å². The highest BCUT2D eigenvalue weighted by atomic mass is 16.5. The molecule has 0 bridgehead atoms. The first kappa shape index (κ1) is 14.3. The summed E-state index contributed by atoms with van der Waals surface area (Å²) in [6, 6.07) is 0.537. The second-order valence-corrected chi connectivity index (χ2v) is 6.63. The Hall–Kier alpha value is -0.610. The number of amides is 1. The SMILES string of the molecule is CCC1OCCC1C(=O)N(CC1CCNCC1)C1CC1. The topological polar surface area (TPSA) is 41.6 Å². The van der Waals surface area contributed by atoms with Crippen molar-refractivity contribution >= 4 is 5.91 Å². The molecule has 4 heteroatoms. The second kappa shape index (κ2) is 6.44. The van der Waals surface area contributed by atoms with Crippen molar-refractivity contribution in [1.82, 2.24) is 10.2 Å². The van der Waals surface area contributed by atoms with Gasteiger partial charge in [0, 0.05) is 19.2 Å². The second-order valence-electron chi connectivity index (χ2n) is 6.63. The fraction of sp³-hybridized carbons (Fsp3) is 0.938. The van der Waals surface area contributed by atoms with Crippen LogP contribution in [-0.4, -0.2) is 49.2 Å². The molecule has 0 aromatic heterocycles. The van der Waals surface area contributed by atoms with Crippen molar-refractivity contribution in [3.05, 3.63) is 0 Å². The highest BCUT2D eigenvalue weighted by molar-refractivity contribution is 5.80. The lowest BCUT2D eigenvalue weighted by atomic mass is 9.94. The molecule has 114 valence electrons.